The molecule has 3 aromatic rings. The predicted molar refractivity (Wildman–Crippen MR) is 116 cm³/mol. The summed E-state index contributed by atoms with van der Waals surface area (Å²) in [6.07, 6.45) is 0.433. The highest BCUT2D eigenvalue weighted by Crippen LogP contribution is 2.48. The molecule has 10 heteroatoms. The average Bonchev–Trinajstić information content (AvgIpc) is 3.26. The highest BCUT2D eigenvalue weighted by Gasteiger charge is 2.58. The third-order valence-corrected chi connectivity index (χ3v) is 5.93. The van der Waals surface area contributed by atoms with E-state index < -0.39 is 40.1 Å². The van der Waals surface area contributed by atoms with Gasteiger partial charge in [0.2, 0.25) is 0 Å². The van der Waals surface area contributed by atoms with Gasteiger partial charge in [0.25, 0.3) is 0 Å². The van der Waals surface area contributed by atoms with Gasteiger partial charge in [0.15, 0.2) is 5.60 Å². The van der Waals surface area contributed by atoms with Crippen LogP contribution in [0, 0.1) is 41.3 Å². The second kappa shape index (κ2) is 9.52. The monoisotopic (exact) mass is 474 g/mol. The first-order chi connectivity index (χ1) is 15.6. The minimum Gasteiger partial charge on any atom is -0.377 e. The molecule has 0 amide bonds. The van der Waals surface area contributed by atoms with Gasteiger partial charge in [-0.3, -0.25) is 5.41 Å². The minimum absolute atomic E-state index is 0.279. The van der Waals surface area contributed by atoms with Gasteiger partial charge in [0, 0.05) is 17.2 Å². The van der Waals surface area contributed by atoms with E-state index in [4.69, 9.17) is 10.9 Å². The van der Waals surface area contributed by atoms with E-state index in [2.05, 4.69) is 17.1 Å². The molecule has 33 heavy (non-hydrogen) atoms. The Balaban J connectivity index is 2.04. The fourth-order valence-electron chi connectivity index (χ4n) is 3.07. The van der Waals surface area contributed by atoms with Crippen molar-refractivity contribution in [3.05, 3.63) is 92.7 Å². The molecule has 1 aromatic heterocycles. The highest BCUT2D eigenvalue weighted by molar-refractivity contribution is 7.12. The zero-order valence-corrected chi connectivity index (χ0v) is 18.1. The number of rotatable bonds is 7. The van der Waals surface area contributed by atoms with Crippen LogP contribution in [0.2, 0.25) is 0 Å². The van der Waals surface area contributed by atoms with E-state index in [1.807, 2.05) is 19.1 Å². The molecule has 5 nitrogen and oxygen atoms in total. The first-order valence-electron chi connectivity index (χ1n) is 9.50. The van der Waals surface area contributed by atoms with Crippen LogP contribution in [0.4, 0.5) is 17.6 Å². The van der Waals surface area contributed by atoms with Crippen LogP contribution in [0.15, 0.2) is 59.8 Å². The Morgan fingerprint density at radius 1 is 1.09 bits per heavy atom. The summed E-state index contributed by atoms with van der Waals surface area (Å²) >= 11 is 0.602. The second-order valence-corrected chi connectivity index (χ2v) is 8.25. The Morgan fingerprint density at radius 3 is 2.39 bits per heavy atom. The Kier molecular flexibility index (Phi) is 6.95. The number of nitrogens with zero attached hydrogens (tertiary/aromatic N) is 2. The summed E-state index contributed by atoms with van der Waals surface area (Å²) in [6, 6.07) is 11.5. The third kappa shape index (κ3) is 4.94. The van der Waals surface area contributed by atoms with E-state index in [1.165, 1.54) is 6.07 Å². The maximum atomic E-state index is 15.7. The molecule has 0 fully saturated rings. The van der Waals surface area contributed by atoms with E-state index >= 15 is 8.78 Å². The molecule has 0 aliphatic carbocycles. The number of hydrogen-bond donors (Lipinski definition) is 3. The molecule has 0 aliphatic heterocycles. The minimum atomic E-state index is -4.11. The lowest BCUT2D eigenvalue weighted by Gasteiger charge is -2.37. The van der Waals surface area contributed by atoms with Gasteiger partial charge in [-0.05, 0) is 43.3 Å². The van der Waals surface area contributed by atoms with Crippen LogP contribution in [0.3, 0.4) is 0 Å². The van der Waals surface area contributed by atoms with Crippen molar-refractivity contribution in [3.63, 3.8) is 0 Å². The molecule has 0 spiro atoms. The average molecular weight is 474 g/mol. The lowest BCUT2D eigenvalue weighted by molar-refractivity contribution is -0.199. The normalized spacial score (nSPS) is 12.9. The maximum Gasteiger partial charge on any atom is 0.316 e. The molecule has 1 heterocycles. The van der Waals surface area contributed by atoms with Gasteiger partial charge in [-0.1, -0.05) is 34.8 Å². The summed E-state index contributed by atoms with van der Waals surface area (Å²) in [7, 11) is 0. The van der Waals surface area contributed by atoms with Crippen LogP contribution < -0.4 is 0 Å². The van der Waals surface area contributed by atoms with Gasteiger partial charge in [0.1, 0.15) is 18.0 Å². The summed E-state index contributed by atoms with van der Waals surface area (Å²) in [4.78, 5) is -0.349. The number of aryl methyl sites for hydroxylation is 1. The molecule has 0 aliphatic rings. The van der Waals surface area contributed by atoms with Crippen molar-refractivity contribution >= 4 is 17.7 Å². The third-order valence-electron chi connectivity index (χ3n) is 4.86. The molecule has 0 bridgehead atoms. The van der Waals surface area contributed by atoms with Gasteiger partial charge in [0.05, 0.1) is 16.3 Å². The molecule has 1 atom stereocenters. The smallest absolute Gasteiger partial charge is 0.316 e. The molecule has 170 valence electrons. The Morgan fingerprint density at radius 2 is 1.79 bits per heavy atom. The van der Waals surface area contributed by atoms with Crippen LogP contribution in [-0.4, -0.2) is 23.0 Å². The predicted octanol–water partition coefficient (Wildman–Crippen LogP) is 5.57. The largest absolute Gasteiger partial charge is 0.377 e. The van der Waals surface area contributed by atoms with Crippen molar-refractivity contribution in [2.75, 3.05) is 6.54 Å². The summed E-state index contributed by atoms with van der Waals surface area (Å²) in [6.45, 7) is 0.793. The molecule has 3 rings (SSSR count). The molecule has 2 aromatic carbocycles. The highest BCUT2D eigenvalue weighted by atomic mass is 32.1. The number of hydrogen-bond acceptors (Lipinski definition) is 5. The summed E-state index contributed by atoms with van der Waals surface area (Å²) in [5.41, 5.74) is 4.58. The van der Waals surface area contributed by atoms with Crippen molar-refractivity contribution < 1.29 is 22.7 Å². The van der Waals surface area contributed by atoms with Crippen LogP contribution >= 0.6 is 11.3 Å². The summed E-state index contributed by atoms with van der Waals surface area (Å²) in [5, 5.41) is 21.6. The van der Waals surface area contributed by atoms with Crippen molar-refractivity contribution in [2.24, 2.45) is 5.22 Å². The van der Waals surface area contributed by atoms with Gasteiger partial charge < -0.3 is 5.11 Å². The zero-order valence-electron chi connectivity index (χ0n) is 17.2. The summed E-state index contributed by atoms with van der Waals surface area (Å²) < 4.78 is 59.2. The van der Waals surface area contributed by atoms with Crippen LogP contribution in [0.1, 0.15) is 26.4 Å². The fraction of sp³-hybridized carbons (Fsp3) is 0.174. The van der Waals surface area contributed by atoms with E-state index in [1.54, 1.807) is 12.1 Å². The SMILES string of the molecule is Cc1ccc(C#Cc2ccc(C(F)(F)C(O)(CN(C=N)N=N)c3ccc(F)cc3F)s2)cc1. The van der Waals surface area contributed by atoms with E-state index in [9.17, 15) is 13.9 Å². The van der Waals surface area contributed by atoms with Crippen molar-refractivity contribution in [1.29, 1.82) is 10.9 Å². The van der Waals surface area contributed by atoms with E-state index in [-0.39, 0.29) is 4.88 Å². The first kappa shape index (κ1) is 24.1. The molecule has 0 radical (unpaired) electrons. The number of alkyl halides is 2. The molecular formula is C23H18F4N4OS. The van der Waals surface area contributed by atoms with Crippen LogP contribution in [-0.2, 0) is 11.5 Å². The second-order valence-electron chi connectivity index (χ2n) is 7.17. The Labute approximate surface area is 191 Å². The fourth-order valence-corrected chi connectivity index (χ4v) is 3.98. The Hall–Kier alpha value is -3.55. The molecular weight excluding hydrogens is 456 g/mol. The quantitative estimate of drug-likeness (QED) is 0.104. The van der Waals surface area contributed by atoms with Crippen LogP contribution in [0.5, 0.6) is 0 Å². The van der Waals surface area contributed by atoms with Crippen molar-refractivity contribution in [1.82, 2.24) is 5.01 Å². The number of thiophene rings is 1. The lowest BCUT2D eigenvalue weighted by atomic mass is 9.85. The van der Waals surface area contributed by atoms with Gasteiger partial charge in [-0.2, -0.15) is 14.3 Å². The topological polar surface area (TPSA) is 83.5 Å². The number of halogens is 4. The summed E-state index contributed by atoms with van der Waals surface area (Å²) in [5.74, 6) is -0.875. The van der Waals surface area contributed by atoms with Gasteiger partial charge in [-0.25, -0.2) is 13.8 Å². The van der Waals surface area contributed by atoms with E-state index in [0.717, 1.165) is 17.7 Å². The first-order valence-corrected chi connectivity index (χ1v) is 10.3. The molecule has 1 unspecified atom stereocenters. The molecule has 3 N–H and O–H groups in total. The van der Waals surface area contributed by atoms with Crippen LogP contribution in [0.25, 0.3) is 0 Å². The number of benzene rings is 2. The molecule has 0 saturated heterocycles. The molecule has 0 saturated carbocycles. The maximum absolute atomic E-state index is 15.7. The number of aliphatic hydroxyl groups is 1. The lowest BCUT2D eigenvalue weighted by Crippen LogP contribution is -2.50. The van der Waals surface area contributed by atoms with Gasteiger partial charge in [-0.15, -0.1) is 11.3 Å². The van der Waals surface area contributed by atoms with E-state index in [0.29, 0.717) is 40.4 Å². The zero-order chi connectivity index (χ0) is 24.2. The number of nitrogens with one attached hydrogen (secondary N) is 2. The van der Waals surface area contributed by atoms with Crippen molar-refractivity contribution in [3.8, 4) is 11.8 Å². The standard InChI is InChI=1S/C23H18F4N4OS/c1-15-2-4-16(5-3-15)6-8-18-9-11-21(33-18)23(26,27)22(32,13-31(14-28)30-29)19-10-7-17(24)12-20(19)25/h2-5,7,9-12,14,28-29,32H,13H2,1H3. The Bertz CT molecular complexity index is 1230. The van der Waals surface area contributed by atoms with Crippen molar-refractivity contribution in [2.45, 2.75) is 18.4 Å². The van der Waals surface area contributed by atoms with Gasteiger partial charge >= 0.3 is 5.92 Å².